The summed E-state index contributed by atoms with van der Waals surface area (Å²) in [5.74, 6) is 1.28. The number of rotatable bonds is 7. The molecular weight excluding hydrogens is 366 g/mol. The Labute approximate surface area is 161 Å². The van der Waals surface area contributed by atoms with Gasteiger partial charge in [-0.25, -0.2) is 9.78 Å². The van der Waals surface area contributed by atoms with Gasteiger partial charge in [0.05, 0.1) is 27.0 Å². The molecule has 3 rings (SSSR count). The number of ether oxygens (including phenoxy) is 4. The van der Waals surface area contributed by atoms with E-state index in [4.69, 9.17) is 18.9 Å². The number of thiazole rings is 1. The maximum absolute atomic E-state index is 12.4. The zero-order valence-corrected chi connectivity index (χ0v) is 16.0. The molecular formula is C20H19NO5S. The Hall–Kier alpha value is -3.06. The Morgan fingerprint density at radius 2 is 1.67 bits per heavy atom. The molecule has 0 aliphatic carbocycles. The van der Waals surface area contributed by atoms with Crippen molar-refractivity contribution in [1.82, 2.24) is 4.98 Å². The van der Waals surface area contributed by atoms with Crippen LogP contribution in [0.15, 0.2) is 47.8 Å². The molecule has 27 heavy (non-hydrogen) atoms. The summed E-state index contributed by atoms with van der Waals surface area (Å²) in [4.78, 5) is 16.9. The van der Waals surface area contributed by atoms with E-state index in [1.54, 1.807) is 25.3 Å². The van der Waals surface area contributed by atoms with E-state index in [9.17, 15) is 4.79 Å². The standard InChI is InChI=1S/C20H19NO5S/c1-23-15-6-4-13(5-7-15)19-21-14(12-27-19)11-26-20(22)17-10-16(24-2)8-9-18(17)25-3/h4-10,12H,11H2,1-3H3. The molecule has 6 nitrogen and oxygen atoms in total. The molecule has 1 heterocycles. The third kappa shape index (κ3) is 4.38. The minimum Gasteiger partial charge on any atom is -0.497 e. The average molecular weight is 385 g/mol. The lowest BCUT2D eigenvalue weighted by atomic mass is 10.2. The van der Waals surface area contributed by atoms with Crippen LogP contribution in [-0.4, -0.2) is 32.3 Å². The predicted octanol–water partition coefficient (Wildman–Crippen LogP) is 4.19. The fraction of sp³-hybridized carbons (Fsp3) is 0.200. The Kier molecular flexibility index (Phi) is 5.93. The highest BCUT2D eigenvalue weighted by molar-refractivity contribution is 7.13. The maximum Gasteiger partial charge on any atom is 0.342 e. The van der Waals surface area contributed by atoms with Gasteiger partial charge < -0.3 is 18.9 Å². The van der Waals surface area contributed by atoms with Crippen LogP contribution >= 0.6 is 11.3 Å². The second-order valence-electron chi connectivity index (χ2n) is 5.51. The lowest BCUT2D eigenvalue weighted by molar-refractivity contribution is 0.0464. The molecule has 0 unspecified atom stereocenters. The summed E-state index contributed by atoms with van der Waals surface area (Å²) in [5.41, 5.74) is 1.97. The zero-order valence-electron chi connectivity index (χ0n) is 15.2. The highest BCUT2D eigenvalue weighted by Gasteiger charge is 2.16. The number of hydrogen-bond acceptors (Lipinski definition) is 7. The molecule has 0 bridgehead atoms. The maximum atomic E-state index is 12.4. The summed E-state index contributed by atoms with van der Waals surface area (Å²) >= 11 is 1.49. The third-order valence-electron chi connectivity index (χ3n) is 3.87. The summed E-state index contributed by atoms with van der Waals surface area (Å²) in [6, 6.07) is 12.6. The Morgan fingerprint density at radius 3 is 2.33 bits per heavy atom. The summed E-state index contributed by atoms with van der Waals surface area (Å²) in [7, 11) is 4.66. The molecule has 2 aromatic carbocycles. The number of methoxy groups -OCH3 is 3. The van der Waals surface area contributed by atoms with Crippen LogP contribution in [0.3, 0.4) is 0 Å². The van der Waals surface area contributed by atoms with Gasteiger partial charge in [0.25, 0.3) is 0 Å². The van der Waals surface area contributed by atoms with Gasteiger partial charge in [0.1, 0.15) is 34.4 Å². The molecule has 1 aromatic heterocycles. The van der Waals surface area contributed by atoms with Gasteiger partial charge in [0.2, 0.25) is 0 Å². The van der Waals surface area contributed by atoms with Crippen LogP contribution in [0.25, 0.3) is 10.6 Å². The van der Waals surface area contributed by atoms with E-state index < -0.39 is 5.97 Å². The molecule has 0 N–H and O–H groups in total. The molecule has 0 atom stereocenters. The van der Waals surface area contributed by atoms with E-state index in [2.05, 4.69) is 4.98 Å². The minimum absolute atomic E-state index is 0.0753. The quantitative estimate of drug-likeness (QED) is 0.568. The first kappa shape index (κ1) is 18.7. The lowest BCUT2D eigenvalue weighted by Gasteiger charge is -2.09. The monoisotopic (exact) mass is 385 g/mol. The molecule has 0 amide bonds. The lowest BCUT2D eigenvalue weighted by Crippen LogP contribution is -2.07. The highest BCUT2D eigenvalue weighted by Crippen LogP contribution is 2.27. The van der Waals surface area contributed by atoms with E-state index in [1.807, 2.05) is 29.6 Å². The van der Waals surface area contributed by atoms with Crippen molar-refractivity contribution < 1.29 is 23.7 Å². The van der Waals surface area contributed by atoms with Gasteiger partial charge in [-0.1, -0.05) is 0 Å². The number of carbonyl (C=O) groups excluding carboxylic acids is 1. The summed E-state index contributed by atoms with van der Waals surface area (Å²) in [6.07, 6.45) is 0. The van der Waals surface area contributed by atoms with Gasteiger partial charge in [0, 0.05) is 10.9 Å². The van der Waals surface area contributed by atoms with Crippen molar-refractivity contribution in [2.24, 2.45) is 0 Å². The van der Waals surface area contributed by atoms with Crippen LogP contribution in [-0.2, 0) is 11.3 Å². The van der Waals surface area contributed by atoms with Crippen LogP contribution in [0, 0.1) is 0 Å². The Balaban J connectivity index is 1.68. The number of aromatic nitrogens is 1. The van der Waals surface area contributed by atoms with Crippen molar-refractivity contribution in [3.05, 3.63) is 59.1 Å². The van der Waals surface area contributed by atoms with Crippen LogP contribution in [0.1, 0.15) is 16.1 Å². The van der Waals surface area contributed by atoms with Gasteiger partial charge in [-0.2, -0.15) is 0 Å². The molecule has 0 saturated carbocycles. The van der Waals surface area contributed by atoms with Crippen LogP contribution < -0.4 is 14.2 Å². The van der Waals surface area contributed by atoms with E-state index in [0.29, 0.717) is 22.8 Å². The van der Waals surface area contributed by atoms with Crippen LogP contribution in [0.4, 0.5) is 0 Å². The van der Waals surface area contributed by atoms with Crippen molar-refractivity contribution in [2.45, 2.75) is 6.61 Å². The van der Waals surface area contributed by atoms with Gasteiger partial charge in [-0.05, 0) is 42.5 Å². The molecule has 140 valence electrons. The van der Waals surface area contributed by atoms with Crippen LogP contribution in [0.2, 0.25) is 0 Å². The normalized spacial score (nSPS) is 10.3. The van der Waals surface area contributed by atoms with Crippen LogP contribution in [0.5, 0.6) is 17.2 Å². The first-order valence-corrected chi connectivity index (χ1v) is 9.00. The topological polar surface area (TPSA) is 66.9 Å². The second-order valence-corrected chi connectivity index (χ2v) is 6.37. The Morgan fingerprint density at radius 1 is 0.963 bits per heavy atom. The SMILES string of the molecule is COc1ccc(-c2nc(COC(=O)c3cc(OC)ccc3OC)cs2)cc1. The smallest absolute Gasteiger partial charge is 0.342 e. The van der Waals surface area contributed by atoms with Gasteiger partial charge in [-0.15, -0.1) is 11.3 Å². The largest absolute Gasteiger partial charge is 0.497 e. The fourth-order valence-corrected chi connectivity index (χ4v) is 3.24. The fourth-order valence-electron chi connectivity index (χ4n) is 2.43. The van der Waals surface area contributed by atoms with Crippen molar-refractivity contribution in [2.75, 3.05) is 21.3 Å². The second kappa shape index (κ2) is 8.55. The van der Waals surface area contributed by atoms with Gasteiger partial charge in [-0.3, -0.25) is 0 Å². The van der Waals surface area contributed by atoms with E-state index in [1.165, 1.54) is 25.6 Å². The first-order chi connectivity index (χ1) is 13.1. The third-order valence-corrected chi connectivity index (χ3v) is 4.81. The summed E-state index contributed by atoms with van der Waals surface area (Å²) in [6.45, 7) is 0.0753. The predicted molar refractivity (Wildman–Crippen MR) is 103 cm³/mol. The van der Waals surface area contributed by atoms with Gasteiger partial charge in [0.15, 0.2) is 0 Å². The number of esters is 1. The molecule has 0 aliphatic heterocycles. The minimum atomic E-state index is -0.496. The highest BCUT2D eigenvalue weighted by atomic mass is 32.1. The molecule has 0 radical (unpaired) electrons. The van der Waals surface area contributed by atoms with Crippen molar-refractivity contribution in [3.8, 4) is 27.8 Å². The number of hydrogen-bond donors (Lipinski definition) is 0. The molecule has 3 aromatic rings. The van der Waals surface area contributed by atoms with Crippen molar-refractivity contribution >= 4 is 17.3 Å². The average Bonchev–Trinajstić information content (AvgIpc) is 3.20. The van der Waals surface area contributed by atoms with E-state index >= 15 is 0 Å². The summed E-state index contributed by atoms with van der Waals surface area (Å²) < 4.78 is 20.9. The number of benzene rings is 2. The van der Waals surface area contributed by atoms with Crippen molar-refractivity contribution in [3.63, 3.8) is 0 Å². The molecule has 0 aliphatic rings. The number of carbonyl (C=O) groups is 1. The molecule has 0 spiro atoms. The van der Waals surface area contributed by atoms with Crippen molar-refractivity contribution in [1.29, 1.82) is 0 Å². The zero-order chi connectivity index (χ0) is 19.2. The first-order valence-electron chi connectivity index (χ1n) is 8.12. The molecule has 0 fully saturated rings. The van der Waals surface area contributed by atoms with E-state index in [0.717, 1.165) is 16.3 Å². The molecule has 7 heteroatoms. The Bertz CT molecular complexity index is 920. The van der Waals surface area contributed by atoms with E-state index in [-0.39, 0.29) is 6.61 Å². The summed E-state index contributed by atoms with van der Waals surface area (Å²) in [5, 5.41) is 2.72. The number of nitrogens with zero attached hydrogens (tertiary/aromatic N) is 1. The van der Waals surface area contributed by atoms with Gasteiger partial charge >= 0.3 is 5.97 Å². The molecule has 0 saturated heterocycles.